The Hall–Kier alpha value is -2.10. The van der Waals surface area contributed by atoms with E-state index in [0.29, 0.717) is 24.0 Å². The van der Waals surface area contributed by atoms with Gasteiger partial charge in [0.2, 0.25) is 0 Å². The Morgan fingerprint density at radius 3 is 2.03 bits per heavy atom. The topological polar surface area (TPSA) is 60.7 Å². The average molecular weight is 561 g/mol. The molecule has 0 radical (unpaired) electrons. The fourth-order valence-corrected chi connectivity index (χ4v) is 6.24. The SMILES string of the molecule is CCc1cccc(C2(CCc3ccc(CO)c(CO)c3)CCCCC2)c1CCC(O)C(C(F)(F)F)C(F)(F)F. The van der Waals surface area contributed by atoms with Gasteiger partial charge in [0.1, 0.15) is 0 Å². The first-order valence-corrected chi connectivity index (χ1v) is 13.6. The van der Waals surface area contributed by atoms with Gasteiger partial charge in [-0.3, -0.25) is 0 Å². The summed E-state index contributed by atoms with van der Waals surface area (Å²) >= 11 is 0. The quantitative estimate of drug-likeness (QED) is 0.257. The molecule has 218 valence electrons. The van der Waals surface area contributed by atoms with E-state index in [1.807, 2.05) is 37.3 Å². The summed E-state index contributed by atoms with van der Waals surface area (Å²) in [5.41, 5.74) is 4.57. The van der Waals surface area contributed by atoms with Crippen LogP contribution in [0.1, 0.15) is 85.3 Å². The number of alkyl halides is 6. The van der Waals surface area contributed by atoms with Gasteiger partial charge in [-0.1, -0.05) is 62.6 Å². The molecule has 1 fully saturated rings. The van der Waals surface area contributed by atoms with Crippen molar-refractivity contribution in [3.8, 4) is 0 Å². The molecule has 0 spiro atoms. The summed E-state index contributed by atoms with van der Waals surface area (Å²) in [5, 5.41) is 29.3. The van der Waals surface area contributed by atoms with Crippen molar-refractivity contribution in [2.24, 2.45) is 5.92 Å². The van der Waals surface area contributed by atoms with E-state index in [-0.39, 0.29) is 25.0 Å². The zero-order valence-electron chi connectivity index (χ0n) is 22.2. The summed E-state index contributed by atoms with van der Waals surface area (Å²) in [7, 11) is 0. The van der Waals surface area contributed by atoms with E-state index < -0.39 is 30.8 Å². The van der Waals surface area contributed by atoms with Crippen LogP contribution in [-0.4, -0.2) is 33.8 Å². The molecule has 1 atom stereocenters. The van der Waals surface area contributed by atoms with Gasteiger partial charge in [0.15, 0.2) is 5.92 Å². The Morgan fingerprint density at radius 1 is 0.821 bits per heavy atom. The van der Waals surface area contributed by atoms with Crippen molar-refractivity contribution in [2.45, 2.75) is 108 Å². The minimum atomic E-state index is -5.59. The van der Waals surface area contributed by atoms with Gasteiger partial charge in [-0.15, -0.1) is 0 Å². The Balaban J connectivity index is 1.94. The van der Waals surface area contributed by atoms with Crippen LogP contribution in [0.25, 0.3) is 0 Å². The molecule has 0 aliphatic heterocycles. The van der Waals surface area contributed by atoms with E-state index in [4.69, 9.17) is 0 Å². The largest absolute Gasteiger partial charge is 0.403 e. The van der Waals surface area contributed by atoms with Gasteiger partial charge < -0.3 is 15.3 Å². The maximum Gasteiger partial charge on any atom is 0.403 e. The van der Waals surface area contributed by atoms with Crippen molar-refractivity contribution in [1.82, 2.24) is 0 Å². The van der Waals surface area contributed by atoms with E-state index in [9.17, 15) is 41.7 Å². The third-order valence-corrected chi connectivity index (χ3v) is 8.32. The number of aliphatic hydroxyl groups excluding tert-OH is 3. The lowest BCUT2D eigenvalue weighted by Crippen LogP contribution is -2.45. The highest BCUT2D eigenvalue weighted by molar-refractivity contribution is 5.42. The predicted octanol–water partition coefficient (Wildman–Crippen LogP) is 7.10. The second-order valence-electron chi connectivity index (χ2n) is 10.7. The summed E-state index contributed by atoms with van der Waals surface area (Å²) < 4.78 is 79.3. The third kappa shape index (κ3) is 7.55. The van der Waals surface area contributed by atoms with Gasteiger partial charge in [-0.2, -0.15) is 26.3 Å². The Kier molecular flexibility index (Phi) is 10.5. The normalized spacial score (nSPS) is 17.0. The fraction of sp³-hybridized carbons (Fsp3) is 0.600. The minimum Gasteiger partial charge on any atom is -0.392 e. The molecule has 3 rings (SSSR count). The summed E-state index contributed by atoms with van der Waals surface area (Å²) in [6.45, 7) is 1.53. The van der Waals surface area contributed by atoms with Crippen molar-refractivity contribution in [1.29, 1.82) is 0 Å². The molecule has 0 bridgehead atoms. The second kappa shape index (κ2) is 13.0. The number of benzene rings is 2. The minimum absolute atomic E-state index is 0.0786. The molecule has 3 nitrogen and oxygen atoms in total. The van der Waals surface area contributed by atoms with Crippen molar-refractivity contribution < 1.29 is 41.7 Å². The molecule has 0 amide bonds. The zero-order valence-corrected chi connectivity index (χ0v) is 22.2. The monoisotopic (exact) mass is 560 g/mol. The number of aryl methyl sites for hydroxylation is 2. The number of hydrogen-bond donors (Lipinski definition) is 3. The van der Waals surface area contributed by atoms with Crippen LogP contribution in [-0.2, 0) is 37.9 Å². The molecule has 1 unspecified atom stereocenters. The second-order valence-corrected chi connectivity index (χ2v) is 10.7. The van der Waals surface area contributed by atoms with Gasteiger partial charge in [0.25, 0.3) is 0 Å². The zero-order chi connectivity index (χ0) is 28.8. The maximum absolute atomic E-state index is 13.2. The standard InChI is InChI=1S/C30H38F6O3/c1-2-21-7-6-8-25(24(21)11-12-26(39)27(29(31,32)33)30(34,35)36)28(14-4-3-5-15-28)16-13-20-9-10-22(18-37)23(17-20)19-38/h6-10,17,26-27,37-39H,2-5,11-16,18-19H2,1H3. The molecule has 2 aromatic carbocycles. The van der Waals surface area contributed by atoms with Crippen LogP contribution in [0.3, 0.4) is 0 Å². The van der Waals surface area contributed by atoms with E-state index in [0.717, 1.165) is 60.8 Å². The molecule has 0 heterocycles. The molecule has 1 aliphatic rings. The van der Waals surface area contributed by atoms with Crippen molar-refractivity contribution in [3.05, 3.63) is 69.8 Å². The van der Waals surface area contributed by atoms with Crippen LogP contribution in [0, 0.1) is 5.92 Å². The van der Waals surface area contributed by atoms with Crippen molar-refractivity contribution >= 4 is 0 Å². The molecular formula is C30H38F6O3. The molecule has 1 saturated carbocycles. The molecule has 9 heteroatoms. The van der Waals surface area contributed by atoms with Gasteiger partial charge >= 0.3 is 12.4 Å². The first-order chi connectivity index (χ1) is 18.4. The van der Waals surface area contributed by atoms with Crippen molar-refractivity contribution in [3.63, 3.8) is 0 Å². The summed E-state index contributed by atoms with van der Waals surface area (Å²) in [6, 6.07) is 11.3. The van der Waals surface area contributed by atoms with Gasteiger partial charge in [-0.05, 0) is 83.7 Å². The lowest BCUT2D eigenvalue weighted by Gasteiger charge is -2.40. The third-order valence-electron chi connectivity index (χ3n) is 8.32. The smallest absolute Gasteiger partial charge is 0.392 e. The molecule has 2 aromatic rings. The van der Waals surface area contributed by atoms with Crippen LogP contribution in [0.5, 0.6) is 0 Å². The van der Waals surface area contributed by atoms with E-state index >= 15 is 0 Å². The number of halogens is 6. The summed E-state index contributed by atoms with van der Waals surface area (Å²) in [6.07, 6.45) is -7.83. The lowest BCUT2D eigenvalue weighted by atomic mass is 9.64. The van der Waals surface area contributed by atoms with E-state index in [2.05, 4.69) is 0 Å². The van der Waals surface area contributed by atoms with Gasteiger partial charge in [-0.25, -0.2) is 0 Å². The van der Waals surface area contributed by atoms with Crippen LogP contribution in [0.2, 0.25) is 0 Å². The molecule has 0 aromatic heterocycles. The molecule has 1 aliphatic carbocycles. The van der Waals surface area contributed by atoms with Crippen LogP contribution in [0.4, 0.5) is 26.3 Å². The molecule has 0 saturated heterocycles. The number of hydrogen-bond acceptors (Lipinski definition) is 3. The van der Waals surface area contributed by atoms with E-state index in [1.54, 1.807) is 6.07 Å². The Morgan fingerprint density at radius 2 is 1.46 bits per heavy atom. The van der Waals surface area contributed by atoms with E-state index in [1.165, 1.54) is 0 Å². The molecule has 3 N–H and O–H groups in total. The van der Waals surface area contributed by atoms with Crippen LogP contribution < -0.4 is 0 Å². The summed E-state index contributed by atoms with van der Waals surface area (Å²) in [4.78, 5) is 0. The molecule has 39 heavy (non-hydrogen) atoms. The first-order valence-electron chi connectivity index (χ1n) is 13.6. The predicted molar refractivity (Wildman–Crippen MR) is 137 cm³/mol. The Labute approximate surface area is 225 Å². The average Bonchev–Trinajstić information content (AvgIpc) is 2.89. The number of aliphatic hydroxyl groups is 3. The fourth-order valence-electron chi connectivity index (χ4n) is 6.24. The van der Waals surface area contributed by atoms with Crippen LogP contribution in [0.15, 0.2) is 36.4 Å². The highest BCUT2D eigenvalue weighted by Gasteiger charge is 2.59. The highest BCUT2D eigenvalue weighted by Crippen LogP contribution is 2.46. The lowest BCUT2D eigenvalue weighted by molar-refractivity contribution is -0.306. The molecular weight excluding hydrogens is 522 g/mol. The van der Waals surface area contributed by atoms with Gasteiger partial charge in [0, 0.05) is 0 Å². The Bertz CT molecular complexity index is 1060. The maximum atomic E-state index is 13.2. The van der Waals surface area contributed by atoms with Crippen LogP contribution >= 0.6 is 0 Å². The summed E-state index contributed by atoms with van der Waals surface area (Å²) in [5.74, 6) is -3.78. The van der Waals surface area contributed by atoms with Gasteiger partial charge in [0.05, 0.1) is 19.3 Å². The highest BCUT2D eigenvalue weighted by atomic mass is 19.4. The first kappa shape index (κ1) is 31.4. The number of rotatable bonds is 11. The van der Waals surface area contributed by atoms with Crippen molar-refractivity contribution in [2.75, 3.05) is 0 Å².